The molecular weight excluding hydrogens is 266 g/mol. The summed E-state index contributed by atoms with van der Waals surface area (Å²) in [7, 11) is -3.60. The third-order valence-corrected chi connectivity index (χ3v) is 4.11. The molecule has 0 aliphatic heterocycles. The number of nitrogens with zero attached hydrogens (tertiary/aromatic N) is 3. The number of H-pyrrole nitrogens is 1. The van der Waals surface area contributed by atoms with Gasteiger partial charge in [0.2, 0.25) is 10.0 Å². The van der Waals surface area contributed by atoms with E-state index in [2.05, 4.69) is 25.3 Å². The molecule has 0 aliphatic rings. The second-order valence-corrected chi connectivity index (χ2v) is 6.15. The Labute approximate surface area is 111 Å². The van der Waals surface area contributed by atoms with Crippen LogP contribution in [0.15, 0.2) is 23.1 Å². The van der Waals surface area contributed by atoms with Crippen LogP contribution in [0.25, 0.3) is 0 Å². The summed E-state index contributed by atoms with van der Waals surface area (Å²) in [5, 5.41) is 13.2. The van der Waals surface area contributed by atoms with Crippen molar-refractivity contribution in [3.8, 4) is 0 Å². The SMILES string of the molecule is Cc1cc(C)cc(S(=O)(=O)NC(C)c2nn[nH]n2)c1. The topological polar surface area (TPSA) is 101 Å². The van der Waals surface area contributed by atoms with Gasteiger partial charge in [0.05, 0.1) is 10.9 Å². The molecule has 1 unspecified atom stereocenters. The Morgan fingerprint density at radius 1 is 1.21 bits per heavy atom. The van der Waals surface area contributed by atoms with Gasteiger partial charge in [-0.3, -0.25) is 0 Å². The fourth-order valence-electron chi connectivity index (χ4n) is 1.79. The van der Waals surface area contributed by atoms with E-state index < -0.39 is 16.1 Å². The largest absolute Gasteiger partial charge is 0.241 e. The maximum Gasteiger partial charge on any atom is 0.241 e. The summed E-state index contributed by atoms with van der Waals surface area (Å²) in [5.41, 5.74) is 1.79. The highest BCUT2D eigenvalue weighted by Crippen LogP contribution is 2.16. The highest BCUT2D eigenvalue weighted by atomic mass is 32.2. The van der Waals surface area contributed by atoms with Crippen LogP contribution < -0.4 is 4.72 Å². The zero-order valence-electron chi connectivity index (χ0n) is 10.9. The number of tetrazole rings is 1. The average Bonchev–Trinajstić information content (AvgIpc) is 2.80. The lowest BCUT2D eigenvalue weighted by atomic mass is 10.2. The lowest BCUT2D eigenvalue weighted by Crippen LogP contribution is -2.27. The molecule has 1 heterocycles. The van der Waals surface area contributed by atoms with E-state index in [-0.39, 0.29) is 4.90 Å². The van der Waals surface area contributed by atoms with Crippen molar-refractivity contribution in [1.29, 1.82) is 0 Å². The van der Waals surface area contributed by atoms with Gasteiger partial charge in [0, 0.05) is 0 Å². The average molecular weight is 281 g/mol. The molecule has 0 bridgehead atoms. The molecule has 8 heteroatoms. The first-order valence-electron chi connectivity index (χ1n) is 5.72. The highest BCUT2D eigenvalue weighted by Gasteiger charge is 2.21. The number of sulfonamides is 1. The minimum atomic E-state index is -3.60. The molecule has 0 saturated carbocycles. The van der Waals surface area contributed by atoms with Gasteiger partial charge in [-0.25, -0.2) is 13.1 Å². The van der Waals surface area contributed by atoms with Crippen LogP contribution in [0.2, 0.25) is 0 Å². The van der Waals surface area contributed by atoms with Gasteiger partial charge in [0.25, 0.3) is 0 Å². The van der Waals surface area contributed by atoms with Crippen molar-refractivity contribution >= 4 is 10.0 Å². The summed E-state index contributed by atoms with van der Waals surface area (Å²) in [5.74, 6) is 0.299. The van der Waals surface area contributed by atoms with E-state index in [0.717, 1.165) is 11.1 Å². The minimum absolute atomic E-state index is 0.236. The number of aromatic amines is 1. The maximum atomic E-state index is 12.2. The first-order chi connectivity index (χ1) is 8.88. The number of benzene rings is 1. The minimum Gasteiger partial charge on any atom is -0.207 e. The quantitative estimate of drug-likeness (QED) is 0.865. The lowest BCUT2D eigenvalue weighted by Gasteiger charge is -2.12. The smallest absolute Gasteiger partial charge is 0.207 e. The number of rotatable bonds is 4. The first-order valence-corrected chi connectivity index (χ1v) is 7.21. The maximum absolute atomic E-state index is 12.2. The van der Waals surface area contributed by atoms with Crippen molar-refractivity contribution < 1.29 is 8.42 Å². The fourth-order valence-corrected chi connectivity index (χ4v) is 3.18. The summed E-state index contributed by atoms with van der Waals surface area (Å²) < 4.78 is 27.0. The number of nitrogens with one attached hydrogen (secondary N) is 2. The van der Waals surface area contributed by atoms with Crippen molar-refractivity contribution in [3.05, 3.63) is 35.2 Å². The van der Waals surface area contributed by atoms with E-state index in [1.807, 2.05) is 19.9 Å². The Morgan fingerprint density at radius 3 is 2.37 bits per heavy atom. The third-order valence-electron chi connectivity index (χ3n) is 2.59. The van der Waals surface area contributed by atoms with Crippen molar-refractivity contribution in [2.45, 2.75) is 31.7 Å². The number of hydrogen-bond acceptors (Lipinski definition) is 5. The molecule has 2 aromatic rings. The molecule has 0 aliphatic carbocycles. The van der Waals surface area contributed by atoms with Gasteiger partial charge in [0.15, 0.2) is 5.82 Å². The predicted molar refractivity (Wildman–Crippen MR) is 68.8 cm³/mol. The van der Waals surface area contributed by atoms with Gasteiger partial charge in [-0.05, 0) is 44.0 Å². The van der Waals surface area contributed by atoms with E-state index in [1.54, 1.807) is 19.1 Å². The van der Waals surface area contributed by atoms with Gasteiger partial charge < -0.3 is 0 Å². The summed E-state index contributed by atoms with van der Waals surface area (Å²) in [6.45, 7) is 5.37. The molecule has 2 N–H and O–H groups in total. The van der Waals surface area contributed by atoms with Crippen LogP contribution in [0.4, 0.5) is 0 Å². The molecule has 2 rings (SSSR count). The third kappa shape index (κ3) is 3.15. The summed E-state index contributed by atoms with van der Waals surface area (Å²) in [6, 6.07) is 4.61. The van der Waals surface area contributed by atoms with E-state index >= 15 is 0 Å². The summed E-state index contributed by atoms with van der Waals surface area (Å²) in [4.78, 5) is 0.236. The van der Waals surface area contributed by atoms with Crippen LogP contribution in [0.3, 0.4) is 0 Å². The molecule has 1 aromatic heterocycles. The van der Waals surface area contributed by atoms with Crippen molar-refractivity contribution in [1.82, 2.24) is 25.3 Å². The normalized spacial score (nSPS) is 13.4. The van der Waals surface area contributed by atoms with Gasteiger partial charge in [-0.1, -0.05) is 11.3 Å². The highest BCUT2D eigenvalue weighted by molar-refractivity contribution is 7.89. The Morgan fingerprint density at radius 2 is 1.84 bits per heavy atom. The van der Waals surface area contributed by atoms with E-state index in [1.165, 1.54) is 0 Å². The second kappa shape index (κ2) is 5.06. The van der Waals surface area contributed by atoms with Gasteiger partial charge in [0.1, 0.15) is 0 Å². The molecule has 0 saturated heterocycles. The van der Waals surface area contributed by atoms with Gasteiger partial charge >= 0.3 is 0 Å². The molecule has 102 valence electrons. The standard InChI is InChI=1S/C11H15N5O2S/c1-7-4-8(2)6-10(5-7)19(17,18)14-9(3)11-12-15-16-13-11/h4-6,9,14H,1-3H3,(H,12,13,15,16). The van der Waals surface area contributed by atoms with Crippen LogP contribution in [-0.4, -0.2) is 29.0 Å². The van der Waals surface area contributed by atoms with Crippen molar-refractivity contribution in [2.75, 3.05) is 0 Å². The Hall–Kier alpha value is -1.80. The second-order valence-electron chi connectivity index (χ2n) is 4.44. The van der Waals surface area contributed by atoms with E-state index in [9.17, 15) is 8.42 Å². The summed E-state index contributed by atoms with van der Waals surface area (Å²) >= 11 is 0. The van der Waals surface area contributed by atoms with Crippen molar-refractivity contribution in [2.24, 2.45) is 0 Å². The van der Waals surface area contributed by atoms with Crippen LogP contribution >= 0.6 is 0 Å². The molecular formula is C11H15N5O2S. The molecule has 0 amide bonds. The van der Waals surface area contributed by atoms with Crippen LogP contribution in [-0.2, 0) is 10.0 Å². The first kappa shape index (κ1) is 13.6. The van der Waals surface area contributed by atoms with Crippen LogP contribution in [0, 0.1) is 13.8 Å². The molecule has 7 nitrogen and oxygen atoms in total. The summed E-state index contributed by atoms with van der Waals surface area (Å²) in [6.07, 6.45) is 0. The van der Waals surface area contributed by atoms with Crippen LogP contribution in [0.5, 0.6) is 0 Å². The van der Waals surface area contributed by atoms with Gasteiger partial charge in [-0.2, -0.15) is 5.21 Å². The lowest BCUT2D eigenvalue weighted by molar-refractivity contribution is 0.560. The zero-order chi connectivity index (χ0) is 14.0. The number of aromatic nitrogens is 4. The van der Waals surface area contributed by atoms with E-state index in [0.29, 0.717) is 5.82 Å². The molecule has 1 atom stereocenters. The fraction of sp³-hybridized carbons (Fsp3) is 0.364. The molecule has 19 heavy (non-hydrogen) atoms. The molecule has 0 radical (unpaired) electrons. The van der Waals surface area contributed by atoms with Crippen molar-refractivity contribution in [3.63, 3.8) is 0 Å². The predicted octanol–water partition coefficient (Wildman–Crippen LogP) is 0.856. The van der Waals surface area contributed by atoms with Crippen LogP contribution in [0.1, 0.15) is 29.9 Å². The Kier molecular flexibility index (Phi) is 3.63. The zero-order valence-corrected chi connectivity index (χ0v) is 11.7. The van der Waals surface area contributed by atoms with E-state index in [4.69, 9.17) is 0 Å². The molecule has 0 spiro atoms. The molecule has 0 fully saturated rings. The number of aryl methyl sites for hydroxylation is 2. The number of hydrogen-bond donors (Lipinski definition) is 2. The Balaban J connectivity index is 2.27. The monoisotopic (exact) mass is 281 g/mol. The van der Waals surface area contributed by atoms with Gasteiger partial charge in [-0.15, -0.1) is 10.2 Å². The molecule has 1 aromatic carbocycles. The Bertz CT molecular complexity index is 646.